The van der Waals surface area contributed by atoms with Crippen molar-refractivity contribution in [2.45, 2.75) is 19.8 Å². The number of H-pyrrole nitrogens is 1. The first-order chi connectivity index (χ1) is 13.0. The molecule has 0 bridgehead atoms. The average Bonchev–Trinajstić information content (AvgIpc) is 3.23. The van der Waals surface area contributed by atoms with E-state index in [0.29, 0.717) is 25.1 Å². The quantitative estimate of drug-likeness (QED) is 0.410. The summed E-state index contributed by atoms with van der Waals surface area (Å²) < 4.78 is 6.79. The number of benzene rings is 1. The van der Waals surface area contributed by atoms with Crippen molar-refractivity contribution in [3.05, 3.63) is 63.0 Å². The van der Waals surface area contributed by atoms with Crippen LogP contribution < -0.4 is 5.56 Å². The molecule has 27 heavy (non-hydrogen) atoms. The Morgan fingerprint density at radius 3 is 2.96 bits per heavy atom. The number of carbonyl (C=O) groups excluding carboxylic acids is 1. The standard InChI is InChI=1S/C19H15N3O5/c1-2-27-12(9-23)6-10-3-4-13-11(5-10)7-15-16(13)21-18(24)17-20-14(19(25)26)8-22(15)17/h3-5,8H,2,6-7H2,1H3,(H,21,24)(H,25,26). The lowest BCUT2D eigenvalue weighted by atomic mass is 10.0. The van der Waals surface area contributed by atoms with Crippen LogP contribution in [0, 0.1) is 0 Å². The van der Waals surface area contributed by atoms with E-state index in [1.807, 2.05) is 24.1 Å². The van der Waals surface area contributed by atoms with Crippen molar-refractivity contribution in [1.29, 1.82) is 0 Å². The van der Waals surface area contributed by atoms with E-state index < -0.39 is 11.5 Å². The largest absolute Gasteiger partial charge is 0.487 e. The molecule has 0 saturated carbocycles. The number of rotatable bonds is 5. The third-order valence-electron chi connectivity index (χ3n) is 4.54. The lowest BCUT2D eigenvalue weighted by molar-refractivity contribution is 0.0691. The monoisotopic (exact) mass is 365 g/mol. The Balaban J connectivity index is 1.78. The van der Waals surface area contributed by atoms with Crippen LogP contribution in [0.15, 0.2) is 34.9 Å². The minimum absolute atomic E-state index is 0.0571. The number of hydrogen-bond acceptors (Lipinski definition) is 5. The maximum Gasteiger partial charge on any atom is 0.356 e. The normalized spacial score (nSPS) is 11.7. The average molecular weight is 365 g/mol. The van der Waals surface area contributed by atoms with Gasteiger partial charge < -0.3 is 14.8 Å². The molecule has 0 spiro atoms. The highest BCUT2D eigenvalue weighted by Gasteiger charge is 2.25. The van der Waals surface area contributed by atoms with Crippen molar-refractivity contribution in [2.75, 3.05) is 6.61 Å². The van der Waals surface area contributed by atoms with Gasteiger partial charge in [0.15, 0.2) is 17.4 Å². The summed E-state index contributed by atoms with van der Waals surface area (Å²) in [5, 5.41) is 9.15. The second kappa shape index (κ2) is 6.26. The second-order valence-corrected chi connectivity index (χ2v) is 6.20. The van der Waals surface area contributed by atoms with Crippen molar-refractivity contribution >= 4 is 17.6 Å². The molecule has 0 fully saturated rings. The fourth-order valence-electron chi connectivity index (χ4n) is 3.41. The molecule has 0 amide bonds. The lowest BCUT2D eigenvalue weighted by Crippen LogP contribution is -2.13. The van der Waals surface area contributed by atoms with Crippen molar-refractivity contribution < 1.29 is 19.4 Å². The molecule has 4 rings (SSSR count). The van der Waals surface area contributed by atoms with Crippen LogP contribution in [0.2, 0.25) is 0 Å². The molecular formula is C19H15N3O5. The zero-order chi connectivity index (χ0) is 19.1. The molecule has 0 radical (unpaired) electrons. The van der Waals surface area contributed by atoms with Crippen LogP contribution >= 0.6 is 0 Å². The number of nitrogens with one attached hydrogen (secondary N) is 1. The molecule has 1 aliphatic carbocycles. The first-order valence-corrected chi connectivity index (χ1v) is 8.38. The number of nitrogens with zero attached hydrogens (tertiary/aromatic N) is 2. The number of aromatic carboxylic acids is 1. The number of aromatic nitrogens is 3. The van der Waals surface area contributed by atoms with Gasteiger partial charge in [-0.05, 0) is 18.1 Å². The van der Waals surface area contributed by atoms with Crippen molar-refractivity contribution in [2.24, 2.45) is 0 Å². The number of aromatic amines is 1. The van der Waals surface area contributed by atoms with Gasteiger partial charge in [-0.15, -0.1) is 0 Å². The summed E-state index contributed by atoms with van der Waals surface area (Å²) in [7, 11) is 0. The van der Waals surface area contributed by atoms with E-state index in [-0.39, 0.29) is 17.1 Å². The van der Waals surface area contributed by atoms with E-state index >= 15 is 0 Å². The lowest BCUT2D eigenvalue weighted by Gasteiger charge is -2.07. The first kappa shape index (κ1) is 16.8. The van der Waals surface area contributed by atoms with Crippen molar-refractivity contribution in [1.82, 2.24) is 14.4 Å². The summed E-state index contributed by atoms with van der Waals surface area (Å²) in [5.41, 5.74) is 3.59. The summed E-state index contributed by atoms with van der Waals surface area (Å²) in [4.78, 5) is 41.2. The zero-order valence-corrected chi connectivity index (χ0v) is 14.4. The topological polar surface area (TPSA) is 114 Å². The van der Waals surface area contributed by atoms with Gasteiger partial charge in [-0.25, -0.2) is 14.6 Å². The highest BCUT2D eigenvalue weighted by molar-refractivity contribution is 5.86. The summed E-state index contributed by atoms with van der Waals surface area (Å²) in [6.07, 6.45) is 2.21. The summed E-state index contributed by atoms with van der Waals surface area (Å²) in [5.74, 6) is 0.864. The van der Waals surface area contributed by atoms with E-state index in [1.165, 1.54) is 10.6 Å². The number of imidazole rings is 1. The SMILES string of the molecule is CCOC(=C=O)Cc1ccc2c(c1)Cc1c-2[nH]c(=O)c2nc(C(=O)O)cn12. The van der Waals surface area contributed by atoms with Gasteiger partial charge in [0.2, 0.25) is 5.65 Å². The Morgan fingerprint density at radius 2 is 2.26 bits per heavy atom. The Kier molecular flexibility index (Phi) is 3.90. The third kappa shape index (κ3) is 2.72. The Labute approximate surface area is 152 Å². The third-order valence-corrected chi connectivity index (χ3v) is 4.54. The molecule has 136 valence electrons. The molecule has 1 aromatic carbocycles. The van der Waals surface area contributed by atoms with E-state index in [2.05, 4.69) is 9.97 Å². The molecule has 3 aromatic rings. The van der Waals surface area contributed by atoms with Gasteiger partial charge in [0, 0.05) is 24.6 Å². The summed E-state index contributed by atoms with van der Waals surface area (Å²) in [6.45, 7) is 2.20. The minimum atomic E-state index is -1.19. The highest BCUT2D eigenvalue weighted by atomic mass is 16.5. The van der Waals surface area contributed by atoms with E-state index in [1.54, 1.807) is 6.92 Å². The summed E-state index contributed by atoms with van der Waals surface area (Å²) >= 11 is 0. The number of fused-ring (bicyclic) bond motifs is 5. The van der Waals surface area contributed by atoms with E-state index in [0.717, 1.165) is 22.4 Å². The predicted molar refractivity (Wildman–Crippen MR) is 95.6 cm³/mol. The van der Waals surface area contributed by atoms with Gasteiger partial charge in [-0.2, -0.15) is 0 Å². The predicted octanol–water partition coefficient (Wildman–Crippen LogP) is 1.59. The number of carboxylic acid groups (broad SMARTS) is 1. The summed E-state index contributed by atoms with van der Waals surface area (Å²) in [6, 6.07) is 5.69. The molecule has 2 N–H and O–H groups in total. The number of carboxylic acids is 1. The van der Waals surface area contributed by atoms with Gasteiger partial charge in [0.25, 0.3) is 5.56 Å². The van der Waals surface area contributed by atoms with E-state index in [4.69, 9.17) is 9.84 Å². The van der Waals surface area contributed by atoms with Crippen LogP contribution in [0.4, 0.5) is 0 Å². The van der Waals surface area contributed by atoms with Crippen LogP contribution in [-0.2, 0) is 22.4 Å². The van der Waals surface area contributed by atoms with Crippen LogP contribution in [-0.4, -0.2) is 38.0 Å². The van der Waals surface area contributed by atoms with Crippen molar-refractivity contribution in [3.63, 3.8) is 0 Å². The van der Waals surface area contributed by atoms with Crippen LogP contribution in [0.5, 0.6) is 0 Å². The van der Waals surface area contributed by atoms with E-state index in [9.17, 15) is 14.4 Å². The first-order valence-electron chi connectivity index (χ1n) is 8.38. The molecule has 8 heteroatoms. The van der Waals surface area contributed by atoms with Gasteiger partial charge >= 0.3 is 5.97 Å². The van der Waals surface area contributed by atoms with Gasteiger partial charge in [0.05, 0.1) is 18.0 Å². The fourth-order valence-corrected chi connectivity index (χ4v) is 3.41. The van der Waals surface area contributed by atoms with Crippen LogP contribution in [0.1, 0.15) is 34.2 Å². The Hall–Kier alpha value is -3.64. The molecule has 0 aliphatic heterocycles. The number of hydrogen-bond donors (Lipinski definition) is 2. The molecule has 0 unspecified atom stereocenters. The maximum atomic E-state index is 12.3. The maximum absolute atomic E-state index is 12.3. The number of carbonyl (C=O) groups is 1. The fraction of sp³-hybridized carbons (Fsp3) is 0.211. The van der Waals surface area contributed by atoms with Crippen molar-refractivity contribution in [3.8, 4) is 11.3 Å². The zero-order valence-electron chi connectivity index (χ0n) is 14.4. The molecule has 2 aromatic heterocycles. The minimum Gasteiger partial charge on any atom is -0.487 e. The number of allylic oxidation sites excluding steroid dienone is 1. The molecule has 0 atom stereocenters. The Bertz CT molecular complexity index is 1200. The number of ether oxygens (including phenoxy) is 1. The van der Waals surface area contributed by atoms with Crippen LogP contribution in [0.25, 0.3) is 16.9 Å². The molecule has 2 heterocycles. The molecule has 0 saturated heterocycles. The van der Waals surface area contributed by atoms with Gasteiger partial charge in [0.1, 0.15) is 0 Å². The highest BCUT2D eigenvalue weighted by Crippen LogP contribution is 2.35. The Morgan fingerprint density at radius 1 is 1.44 bits per heavy atom. The van der Waals surface area contributed by atoms with Gasteiger partial charge in [-0.1, -0.05) is 18.2 Å². The van der Waals surface area contributed by atoms with Crippen LogP contribution in [0.3, 0.4) is 0 Å². The molecule has 1 aliphatic rings. The second-order valence-electron chi connectivity index (χ2n) is 6.20. The molecular weight excluding hydrogens is 350 g/mol. The molecule has 8 nitrogen and oxygen atoms in total. The van der Waals surface area contributed by atoms with Gasteiger partial charge in [-0.3, -0.25) is 9.20 Å². The smallest absolute Gasteiger partial charge is 0.356 e.